The van der Waals surface area contributed by atoms with E-state index in [-0.39, 0.29) is 16.3 Å². The molecule has 0 aliphatic carbocycles. The van der Waals surface area contributed by atoms with Crippen LogP contribution in [0, 0.1) is 0 Å². The molecule has 0 saturated heterocycles. The predicted octanol–water partition coefficient (Wildman–Crippen LogP) is 9.35. The molecule has 0 spiro atoms. The molecule has 0 aromatic heterocycles. The van der Waals surface area contributed by atoms with Crippen LogP contribution in [-0.4, -0.2) is 35.1 Å². The third-order valence-electron chi connectivity index (χ3n) is 5.41. The van der Waals surface area contributed by atoms with E-state index in [2.05, 4.69) is 47.2 Å². The van der Waals surface area contributed by atoms with Crippen LogP contribution in [-0.2, 0) is 14.0 Å². The lowest BCUT2D eigenvalue weighted by Gasteiger charge is -2.26. The molecule has 0 heterocycles. The van der Waals surface area contributed by atoms with Crippen molar-refractivity contribution in [3.63, 3.8) is 0 Å². The minimum Gasteiger partial charge on any atom is -0.374 e. The topological polar surface area (TPSA) is 27.7 Å². The van der Waals surface area contributed by atoms with Crippen molar-refractivity contribution < 1.29 is 14.0 Å². The van der Waals surface area contributed by atoms with Crippen molar-refractivity contribution in [3.05, 3.63) is 0 Å². The van der Waals surface area contributed by atoms with Crippen LogP contribution < -0.4 is 0 Å². The van der Waals surface area contributed by atoms with Gasteiger partial charge >= 0.3 is 7.32 Å². The fraction of sp³-hybridized carbons (Fsp3) is 1.00. The molecule has 3 atom stereocenters. The Hall–Kier alpha value is 0.995. The van der Waals surface area contributed by atoms with Crippen LogP contribution in [0.15, 0.2) is 0 Å². The van der Waals surface area contributed by atoms with Crippen molar-refractivity contribution in [2.45, 2.75) is 147 Å². The minimum absolute atomic E-state index is 0.106. The highest BCUT2D eigenvalue weighted by Crippen LogP contribution is 2.25. The Kier molecular flexibility index (Phi) is 25.9. The van der Waals surface area contributed by atoms with Crippen molar-refractivity contribution in [2.24, 2.45) is 0 Å². The van der Waals surface area contributed by atoms with Gasteiger partial charge in [-0.2, -0.15) is 0 Å². The van der Waals surface area contributed by atoms with Gasteiger partial charge in [0.2, 0.25) is 0 Å². The number of thiol groups is 1. The van der Waals surface area contributed by atoms with E-state index in [9.17, 15) is 0 Å². The zero-order valence-corrected chi connectivity index (χ0v) is 24.3. The summed E-state index contributed by atoms with van der Waals surface area (Å²) in [6.45, 7) is 11.0. The maximum absolute atomic E-state index is 6.28. The first kappa shape index (κ1) is 33.0. The van der Waals surface area contributed by atoms with Crippen LogP contribution in [0.5, 0.6) is 0 Å². The Morgan fingerprint density at radius 1 is 0.562 bits per heavy atom. The van der Waals surface area contributed by atoms with Crippen molar-refractivity contribution in [1.29, 1.82) is 0 Å². The van der Waals surface area contributed by atoms with Crippen molar-refractivity contribution in [1.82, 2.24) is 0 Å². The minimum atomic E-state index is -0.638. The van der Waals surface area contributed by atoms with Crippen LogP contribution in [0.3, 0.4) is 0 Å². The van der Waals surface area contributed by atoms with E-state index in [0.717, 1.165) is 30.8 Å². The summed E-state index contributed by atoms with van der Waals surface area (Å²) in [6.07, 6.45) is 18.7. The first-order valence-electron chi connectivity index (χ1n) is 13.5. The number of hydrogen-bond donors (Lipinski definition) is 1. The van der Waals surface area contributed by atoms with Gasteiger partial charge in [-0.15, -0.1) is 36.2 Å². The molecule has 0 amide bonds. The lowest BCUT2D eigenvalue weighted by atomic mass is 10.1. The number of rotatable bonds is 25. The third kappa shape index (κ3) is 20.4. The fourth-order valence-corrected chi connectivity index (χ4v) is 5.45. The Balaban J connectivity index is 4.39. The quantitative estimate of drug-likeness (QED) is 0.0574. The highest BCUT2D eigenvalue weighted by Gasteiger charge is 2.31. The molecule has 0 fully saturated rings. The molecule has 0 N–H and O–H groups in total. The average Bonchev–Trinajstić information content (AvgIpc) is 2.80. The molecule has 0 aliphatic rings. The monoisotopic (exact) mass is 508 g/mol. The third-order valence-corrected chi connectivity index (χ3v) is 8.58. The molecule has 0 bridgehead atoms. The van der Waals surface area contributed by atoms with E-state index in [1.54, 1.807) is 0 Å². The van der Waals surface area contributed by atoms with Gasteiger partial charge in [-0.05, 0) is 43.6 Å². The smallest absolute Gasteiger partial charge is 0.374 e. The van der Waals surface area contributed by atoms with E-state index in [4.69, 9.17) is 14.0 Å². The first-order valence-corrected chi connectivity index (χ1v) is 16.1. The second-order valence-corrected chi connectivity index (χ2v) is 11.6. The molecule has 0 rings (SSSR count). The summed E-state index contributed by atoms with van der Waals surface area (Å²) in [4.78, 5) is 0. The van der Waals surface area contributed by atoms with Gasteiger partial charge in [0, 0.05) is 0 Å². The zero-order valence-electron chi connectivity index (χ0n) is 21.8. The maximum atomic E-state index is 6.28. The Labute approximate surface area is 215 Å². The van der Waals surface area contributed by atoms with Crippen molar-refractivity contribution in [3.8, 4) is 0 Å². The number of unbranched alkanes of at least 4 members (excludes halogenated alkanes) is 10. The summed E-state index contributed by atoms with van der Waals surface area (Å²) >= 11 is 8.33. The molecule has 192 valence electrons. The summed E-state index contributed by atoms with van der Waals surface area (Å²) in [5.41, 5.74) is 0.0466. The lowest BCUT2D eigenvalue weighted by Crippen LogP contribution is -2.36. The molecular weight excluding hydrogens is 455 g/mol. The number of hydrogen-bond acceptors (Lipinski definition) is 6. The molecular formula is C25H53BO3S3. The molecule has 32 heavy (non-hydrogen) atoms. The van der Waals surface area contributed by atoms with Crippen LogP contribution in [0.1, 0.15) is 131 Å². The highest BCUT2D eigenvalue weighted by molar-refractivity contribution is 8.00. The average molecular weight is 509 g/mol. The van der Waals surface area contributed by atoms with Gasteiger partial charge in [-0.3, -0.25) is 0 Å². The standard InChI is InChI=1S/C25H53BO3S3/c1-6-11-13-15-17-19-21-31-24(9-4)28-26(27-23(30)8-3)29-25(10-5)32-22-20-18-16-14-12-7-2/h23-25,30H,6-22H2,1-5H3. The predicted molar refractivity (Wildman–Crippen MR) is 152 cm³/mol. The number of thioether (sulfide) groups is 2. The summed E-state index contributed by atoms with van der Waals surface area (Å²) < 4.78 is 18.6. The van der Waals surface area contributed by atoms with E-state index in [1.807, 2.05) is 23.5 Å². The van der Waals surface area contributed by atoms with Gasteiger partial charge in [-0.25, -0.2) is 0 Å². The highest BCUT2D eigenvalue weighted by atomic mass is 32.2. The summed E-state index contributed by atoms with van der Waals surface area (Å²) in [6, 6.07) is 0. The maximum Gasteiger partial charge on any atom is 0.641 e. The van der Waals surface area contributed by atoms with Gasteiger partial charge in [0.1, 0.15) is 0 Å². The van der Waals surface area contributed by atoms with Gasteiger partial charge in [0.25, 0.3) is 0 Å². The van der Waals surface area contributed by atoms with Gasteiger partial charge in [0.15, 0.2) is 0 Å². The zero-order chi connectivity index (χ0) is 23.9. The first-order chi connectivity index (χ1) is 15.6. The second-order valence-electron chi connectivity index (χ2n) is 8.51. The second kappa shape index (κ2) is 25.1. The van der Waals surface area contributed by atoms with E-state index < -0.39 is 7.32 Å². The van der Waals surface area contributed by atoms with Crippen molar-refractivity contribution >= 4 is 43.5 Å². The van der Waals surface area contributed by atoms with Crippen molar-refractivity contribution in [2.75, 3.05) is 11.5 Å². The summed E-state index contributed by atoms with van der Waals surface area (Å²) in [5, 5.41) is 0. The van der Waals surface area contributed by atoms with E-state index in [1.165, 1.54) is 77.0 Å². The molecule has 3 nitrogen and oxygen atoms in total. The molecule has 0 aromatic rings. The summed E-state index contributed by atoms with van der Waals surface area (Å²) in [5.74, 6) is 2.28. The van der Waals surface area contributed by atoms with Gasteiger partial charge in [-0.1, -0.05) is 98.8 Å². The Morgan fingerprint density at radius 3 is 1.34 bits per heavy atom. The van der Waals surface area contributed by atoms with Crippen LogP contribution in [0.25, 0.3) is 0 Å². The Morgan fingerprint density at radius 2 is 0.969 bits per heavy atom. The molecule has 3 unspecified atom stereocenters. The molecule has 0 saturated carbocycles. The lowest BCUT2D eigenvalue weighted by molar-refractivity contribution is 0.0671. The largest absolute Gasteiger partial charge is 0.641 e. The van der Waals surface area contributed by atoms with Crippen LogP contribution >= 0.6 is 36.2 Å². The SMILES string of the molecule is CCCCCCCCSC(CC)OB(OC(S)CC)OC(CC)SCCCCCCCC. The molecule has 0 radical (unpaired) electrons. The molecule has 0 aliphatic heterocycles. The van der Waals surface area contributed by atoms with Crippen LogP contribution in [0.4, 0.5) is 0 Å². The van der Waals surface area contributed by atoms with Gasteiger partial charge in [0.05, 0.1) is 16.3 Å². The Bertz CT molecular complexity index is 352. The van der Waals surface area contributed by atoms with E-state index >= 15 is 0 Å². The van der Waals surface area contributed by atoms with E-state index in [0.29, 0.717) is 0 Å². The van der Waals surface area contributed by atoms with Gasteiger partial charge < -0.3 is 14.0 Å². The molecule has 0 aromatic carbocycles. The fourth-order valence-electron chi connectivity index (χ4n) is 3.27. The summed E-state index contributed by atoms with van der Waals surface area (Å²) in [7, 11) is -0.638. The van der Waals surface area contributed by atoms with Crippen LogP contribution in [0.2, 0.25) is 0 Å². The molecule has 7 heteroatoms. The normalized spacial score (nSPS) is 14.4.